The molecule has 0 radical (unpaired) electrons. The molecule has 0 bridgehead atoms. The van der Waals surface area contributed by atoms with Crippen molar-refractivity contribution < 1.29 is 9.59 Å². The van der Waals surface area contributed by atoms with Gasteiger partial charge in [-0.2, -0.15) is 11.8 Å². The summed E-state index contributed by atoms with van der Waals surface area (Å²) in [7, 11) is 0. The van der Waals surface area contributed by atoms with Crippen molar-refractivity contribution in [3.63, 3.8) is 0 Å². The Bertz CT molecular complexity index is 171. The maximum absolute atomic E-state index is 10.9. The van der Waals surface area contributed by atoms with Crippen LogP contribution in [0.2, 0.25) is 0 Å². The van der Waals surface area contributed by atoms with E-state index < -0.39 is 0 Å². The van der Waals surface area contributed by atoms with E-state index in [1.165, 1.54) is 0 Å². The van der Waals surface area contributed by atoms with Gasteiger partial charge in [-0.3, -0.25) is 9.59 Å². The first-order valence-electron chi connectivity index (χ1n) is 4.54. The molecule has 0 aromatic rings. The highest BCUT2D eigenvalue weighted by Gasteiger charge is 1.98. The summed E-state index contributed by atoms with van der Waals surface area (Å²) in [6.07, 6.45) is 2.88. The normalized spacial score (nSPS) is 9.92. The third-order valence-corrected chi connectivity index (χ3v) is 2.72. The zero-order valence-corrected chi connectivity index (χ0v) is 8.86. The molecular weight excluding hydrogens is 186 g/mol. The van der Waals surface area contributed by atoms with E-state index in [2.05, 4.69) is 0 Å². The first-order valence-corrected chi connectivity index (χ1v) is 5.70. The van der Waals surface area contributed by atoms with Crippen LogP contribution in [0.4, 0.5) is 0 Å². The van der Waals surface area contributed by atoms with Crippen LogP contribution in [0.5, 0.6) is 0 Å². The molecule has 0 aliphatic rings. The monoisotopic (exact) mass is 203 g/mol. The molecule has 0 spiro atoms. The summed E-state index contributed by atoms with van der Waals surface area (Å²) in [5, 5.41) is 0. The van der Waals surface area contributed by atoms with E-state index in [4.69, 9.17) is 5.73 Å². The number of primary amides is 1. The van der Waals surface area contributed by atoms with Crippen molar-refractivity contribution in [3.8, 4) is 0 Å². The molecule has 0 rings (SSSR count). The molecule has 0 unspecified atom stereocenters. The molecular formula is C9H17NO2S. The Morgan fingerprint density at radius 1 is 1.31 bits per heavy atom. The zero-order valence-electron chi connectivity index (χ0n) is 8.04. The van der Waals surface area contributed by atoms with Crippen molar-refractivity contribution in [3.05, 3.63) is 0 Å². The number of carbonyl (C=O) groups is 2. The van der Waals surface area contributed by atoms with Crippen molar-refractivity contribution in [1.29, 1.82) is 0 Å². The second-order valence-corrected chi connectivity index (χ2v) is 3.97. The fourth-order valence-corrected chi connectivity index (χ4v) is 1.78. The predicted octanol–water partition coefficient (Wildman–Crippen LogP) is 1.35. The lowest BCUT2D eigenvalue weighted by Crippen LogP contribution is -2.09. The summed E-state index contributed by atoms with van der Waals surface area (Å²) < 4.78 is 0. The van der Waals surface area contributed by atoms with Gasteiger partial charge in [-0.15, -0.1) is 0 Å². The van der Waals surface area contributed by atoms with Gasteiger partial charge in [0.25, 0.3) is 0 Å². The van der Waals surface area contributed by atoms with E-state index in [0.717, 1.165) is 18.6 Å². The van der Waals surface area contributed by atoms with Crippen LogP contribution in [0.1, 0.15) is 32.6 Å². The fraction of sp³-hybridized carbons (Fsp3) is 0.778. The number of ketones is 1. The first-order chi connectivity index (χ1) is 6.16. The average Bonchev–Trinajstić information content (AvgIpc) is 2.10. The highest BCUT2D eigenvalue weighted by atomic mass is 32.2. The summed E-state index contributed by atoms with van der Waals surface area (Å²) in [4.78, 5) is 21.2. The zero-order chi connectivity index (χ0) is 10.1. The third-order valence-electron chi connectivity index (χ3n) is 1.62. The van der Waals surface area contributed by atoms with Gasteiger partial charge in [0.2, 0.25) is 5.91 Å². The number of Topliss-reactive ketones (excluding diaryl/α,β-unsaturated/α-hetero) is 1. The van der Waals surface area contributed by atoms with Gasteiger partial charge in [-0.25, -0.2) is 0 Å². The van der Waals surface area contributed by atoms with Gasteiger partial charge in [0.1, 0.15) is 5.78 Å². The number of unbranched alkanes of at least 4 members (excludes halogenated alkanes) is 1. The number of hydrogen-bond donors (Lipinski definition) is 1. The second kappa shape index (κ2) is 8.10. The number of thioether (sulfide) groups is 1. The smallest absolute Gasteiger partial charge is 0.217 e. The molecule has 0 heterocycles. The Kier molecular flexibility index (Phi) is 7.79. The van der Waals surface area contributed by atoms with Crippen LogP contribution in [0, 0.1) is 0 Å². The van der Waals surface area contributed by atoms with Crippen LogP contribution in [-0.4, -0.2) is 23.2 Å². The largest absolute Gasteiger partial charge is 0.370 e. The Morgan fingerprint density at radius 3 is 2.54 bits per heavy atom. The van der Waals surface area contributed by atoms with E-state index in [1.54, 1.807) is 11.8 Å². The van der Waals surface area contributed by atoms with Gasteiger partial charge in [0.05, 0.1) is 5.75 Å². The molecule has 0 aromatic heterocycles. The molecule has 4 heteroatoms. The Morgan fingerprint density at radius 2 is 2.00 bits per heavy atom. The molecule has 0 aliphatic carbocycles. The van der Waals surface area contributed by atoms with Crippen molar-refractivity contribution in [2.75, 3.05) is 11.5 Å². The highest BCUT2D eigenvalue weighted by Crippen LogP contribution is 2.06. The van der Waals surface area contributed by atoms with Crippen molar-refractivity contribution in [2.45, 2.75) is 32.6 Å². The van der Waals surface area contributed by atoms with Gasteiger partial charge in [-0.05, 0) is 18.6 Å². The topological polar surface area (TPSA) is 60.2 Å². The van der Waals surface area contributed by atoms with Gasteiger partial charge < -0.3 is 5.73 Å². The van der Waals surface area contributed by atoms with Crippen LogP contribution < -0.4 is 5.73 Å². The van der Waals surface area contributed by atoms with E-state index in [1.807, 2.05) is 6.92 Å². The Hall–Kier alpha value is -0.510. The number of hydrogen-bond acceptors (Lipinski definition) is 3. The van der Waals surface area contributed by atoms with Crippen LogP contribution in [0.15, 0.2) is 0 Å². The molecule has 76 valence electrons. The quantitative estimate of drug-likeness (QED) is 0.606. The van der Waals surface area contributed by atoms with Crippen LogP contribution in [-0.2, 0) is 9.59 Å². The standard InChI is InChI=1S/C9H17NO2S/c1-2-8(11)7-13-6-4-3-5-9(10)12/h2-7H2,1H3,(H2,10,12). The summed E-state index contributed by atoms with van der Waals surface area (Å²) >= 11 is 1.64. The van der Waals surface area contributed by atoms with E-state index >= 15 is 0 Å². The molecule has 0 aliphatic heterocycles. The lowest BCUT2D eigenvalue weighted by atomic mass is 10.2. The molecule has 0 fully saturated rings. The van der Waals surface area contributed by atoms with E-state index in [-0.39, 0.29) is 5.91 Å². The molecule has 0 aromatic carbocycles. The Labute approximate surface area is 83.4 Å². The maximum atomic E-state index is 10.9. The van der Waals surface area contributed by atoms with Crippen molar-refractivity contribution in [2.24, 2.45) is 5.73 Å². The van der Waals surface area contributed by atoms with Crippen LogP contribution in [0.25, 0.3) is 0 Å². The van der Waals surface area contributed by atoms with Gasteiger partial charge >= 0.3 is 0 Å². The summed E-state index contributed by atoms with van der Waals surface area (Å²) in [6, 6.07) is 0. The van der Waals surface area contributed by atoms with E-state index in [0.29, 0.717) is 24.4 Å². The summed E-state index contributed by atoms with van der Waals surface area (Å²) in [5.41, 5.74) is 4.98. The molecule has 3 nitrogen and oxygen atoms in total. The van der Waals surface area contributed by atoms with Crippen molar-refractivity contribution in [1.82, 2.24) is 0 Å². The molecule has 2 N–H and O–H groups in total. The van der Waals surface area contributed by atoms with Crippen LogP contribution >= 0.6 is 11.8 Å². The maximum Gasteiger partial charge on any atom is 0.217 e. The van der Waals surface area contributed by atoms with Gasteiger partial charge in [0, 0.05) is 12.8 Å². The SMILES string of the molecule is CCC(=O)CSCCCCC(N)=O. The average molecular weight is 203 g/mol. The summed E-state index contributed by atoms with van der Waals surface area (Å²) in [5.74, 6) is 1.60. The van der Waals surface area contributed by atoms with Gasteiger partial charge in [0.15, 0.2) is 0 Å². The number of amides is 1. The number of rotatable bonds is 8. The molecule has 0 atom stereocenters. The summed E-state index contributed by atoms with van der Waals surface area (Å²) in [6.45, 7) is 1.87. The number of nitrogens with two attached hydrogens (primary N) is 1. The minimum Gasteiger partial charge on any atom is -0.370 e. The molecule has 13 heavy (non-hydrogen) atoms. The van der Waals surface area contributed by atoms with Crippen molar-refractivity contribution >= 4 is 23.5 Å². The fourth-order valence-electron chi connectivity index (χ4n) is 0.791. The molecule has 1 amide bonds. The first kappa shape index (κ1) is 12.5. The minimum atomic E-state index is -0.241. The highest BCUT2D eigenvalue weighted by molar-refractivity contribution is 7.99. The van der Waals surface area contributed by atoms with Gasteiger partial charge in [-0.1, -0.05) is 6.92 Å². The lowest BCUT2D eigenvalue weighted by Gasteiger charge is -1.98. The molecule has 0 saturated carbocycles. The Balaban J connectivity index is 3.08. The second-order valence-electron chi connectivity index (χ2n) is 2.87. The van der Waals surface area contributed by atoms with E-state index in [9.17, 15) is 9.59 Å². The lowest BCUT2D eigenvalue weighted by molar-refractivity contribution is -0.118. The third kappa shape index (κ3) is 9.40. The van der Waals surface area contributed by atoms with Crippen LogP contribution in [0.3, 0.4) is 0 Å². The number of carbonyl (C=O) groups excluding carboxylic acids is 2. The predicted molar refractivity (Wildman–Crippen MR) is 55.7 cm³/mol. The minimum absolute atomic E-state index is 0.241. The molecule has 0 saturated heterocycles.